The normalized spacial score (nSPS) is 10.8. The number of aromatic nitrogens is 2. The van der Waals surface area contributed by atoms with Crippen LogP contribution in [0.5, 0.6) is 0 Å². The summed E-state index contributed by atoms with van der Waals surface area (Å²) in [4.78, 5) is 17.3. The molecule has 0 radical (unpaired) electrons. The zero-order valence-corrected chi connectivity index (χ0v) is 12.7. The maximum Gasteiger partial charge on any atom is 0.323 e. The highest BCUT2D eigenvalue weighted by molar-refractivity contribution is 6.42. The van der Waals surface area contributed by atoms with E-state index in [1.807, 2.05) is 37.3 Å². The summed E-state index contributed by atoms with van der Waals surface area (Å²) in [5.41, 5.74) is 4.07. The second-order valence-corrected chi connectivity index (χ2v) is 5.64. The Morgan fingerprint density at radius 3 is 2.00 bits per heavy atom. The van der Waals surface area contributed by atoms with Gasteiger partial charge in [-0.1, -0.05) is 59.1 Å². The Hall–Kier alpha value is -1.97. The van der Waals surface area contributed by atoms with Crippen molar-refractivity contribution >= 4 is 23.2 Å². The van der Waals surface area contributed by atoms with Gasteiger partial charge in [-0.05, 0) is 19.1 Å². The van der Waals surface area contributed by atoms with Crippen molar-refractivity contribution < 1.29 is 0 Å². The molecule has 0 saturated heterocycles. The van der Waals surface area contributed by atoms with Crippen LogP contribution in [0.1, 0.15) is 5.56 Å². The van der Waals surface area contributed by atoms with E-state index in [1.54, 1.807) is 12.1 Å². The highest BCUT2D eigenvalue weighted by Gasteiger charge is 2.12. The summed E-state index contributed by atoms with van der Waals surface area (Å²) in [6.45, 7) is 2.02. The standard InChI is InChI=1S/C16H12Cl2N2O/c1-9-2-4-10(5-3-9)14-15(20-16(21)19-14)11-6-7-12(17)13(18)8-11/h2-8H,1H3,(H2,19,20,21). The molecule has 0 bridgehead atoms. The van der Waals surface area contributed by atoms with Crippen molar-refractivity contribution in [1.29, 1.82) is 0 Å². The van der Waals surface area contributed by atoms with Gasteiger partial charge in [0.05, 0.1) is 21.4 Å². The van der Waals surface area contributed by atoms with E-state index in [0.717, 1.165) is 22.4 Å². The zero-order valence-electron chi connectivity index (χ0n) is 11.2. The molecule has 0 aliphatic heterocycles. The van der Waals surface area contributed by atoms with Gasteiger partial charge in [0.15, 0.2) is 0 Å². The second kappa shape index (κ2) is 5.43. The van der Waals surface area contributed by atoms with Gasteiger partial charge in [0.25, 0.3) is 0 Å². The van der Waals surface area contributed by atoms with Crippen LogP contribution in [-0.4, -0.2) is 9.97 Å². The monoisotopic (exact) mass is 318 g/mol. The largest absolute Gasteiger partial charge is 0.323 e. The van der Waals surface area contributed by atoms with E-state index in [1.165, 1.54) is 0 Å². The van der Waals surface area contributed by atoms with Crippen LogP contribution in [0.15, 0.2) is 47.3 Å². The number of rotatable bonds is 2. The van der Waals surface area contributed by atoms with Gasteiger partial charge in [0.2, 0.25) is 0 Å². The zero-order chi connectivity index (χ0) is 15.0. The smallest absolute Gasteiger partial charge is 0.305 e. The molecule has 0 unspecified atom stereocenters. The molecule has 3 nitrogen and oxygen atoms in total. The Morgan fingerprint density at radius 2 is 1.38 bits per heavy atom. The van der Waals surface area contributed by atoms with E-state index in [9.17, 15) is 4.79 Å². The van der Waals surface area contributed by atoms with Crippen molar-refractivity contribution in [3.8, 4) is 22.5 Å². The van der Waals surface area contributed by atoms with Gasteiger partial charge >= 0.3 is 5.69 Å². The van der Waals surface area contributed by atoms with Crippen molar-refractivity contribution in [2.45, 2.75) is 6.92 Å². The molecule has 3 rings (SSSR count). The Kier molecular flexibility index (Phi) is 3.62. The number of halogens is 2. The number of nitrogens with one attached hydrogen (secondary N) is 2. The van der Waals surface area contributed by atoms with Gasteiger partial charge in [-0.2, -0.15) is 0 Å². The van der Waals surface area contributed by atoms with Gasteiger partial charge in [-0.15, -0.1) is 0 Å². The Morgan fingerprint density at radius 1 is 0.810 bits per heavy atom. The van der Waals surface area contributed by atoms with Crippen molar-refractivity contribution in [2.24, 2.45) is 0 Å². The lowest BCUT2D eigenvalue weighted by molar-refractivity contribution is 1.19. The summed E-state index contributed by atoms with van der Waals surface area (Å²) in [5, 5.41) is 0.932. The minimum absolute atomic E-state index is 0.258. The summed E-state index contributed by atoms with van der Waals surface area (Å²) < 4.78 is 0. The molecule has 0 aliphatic carbocycles. The predicted octanol–water partition coefficient (Wildman–Crippen LogP) is 4.65. The van der Waals surface area contributed by atoms with Crippen molar-refractivity contribution in [3.05, 3.63) is 68.6 Å². The lowest BCUT2D eigenvalue weighted by Crippen LogP contribution is -2.00. The van der Waals surface area contributed by atoms with Crippen molar-refractivity contribution in [3.63, 3.8) is 0 Å². The first-order valence-electron chi connectivity index (χ1n) is 6.39. The molecular formula is C16H12Cl2N2O. The number of H-pyrrole nitrogens is 2. The molecule has 3 aromatic rings. The molecule has 2 aromatic carbocycles. The molecule has 21 heavy (non-hydrogen) atoms. The van der Waals surface area contributed by atoms with Crippen LogP contribution in [0.4, 0.5) is 0 Å². The highest BCUT2D eigenvalue weighted by atomic mass is 35.5. The van der Waals surface area contributed by atoms with Crippen molar-refractivity contribution in [1.82, 2.24) is 9.97 Å². The molecule has 0 fully saturated rings. The molecule has 1 aromatic heterocycles. The minimum atomic E-state index is -0.258. The molecule has 106 valence electrons. The van der Waals surface area contributed by atoms with E-state index >= 15 is 0 Å². The maximum atomic E-state index is 11.7. The summed E-state index contributed by atoms with van der Waals surface area (Å²) in [5.74, 6) is 0. The molecule has 1 heterocycles. The van der Waals surface area contributed by atoms with Crippen LogP contribution >= 0.6 is 23.2 Å². The van der Waals surface area contributed by atoms with Crippen LogP contribution in [0.3, 0.4) is 0 Å². The van der Waals surface area contributed by atoms with E-state index in [2.05, 4.69) is 9.97 Å². The number of aromatic amines is 2. The van der Waals surface area contributed by atoms with E-state index in [0.29, 0.717) is 15.7 Å². The quantitative estimate of drug-likeness (QED) is 0.709. The number of aryl methyl sites for hydroxylation is 1. The summed E-state index contributed by atoms with van der Waals surface area (Å²) in [6, 6.07) is 13.2. The SMILES string of the molecule is Cc1ccc(-c2[nH]c(=O)[nH]c2-c2ccc(Cl)c(Cl)c2)cc1. The first-order chi connectivity index (χ1) is 10.0. The van der Waals surface area contributed by atoms with E-state index in [4.69, 9.17) is 23.2 Å². The first-order valence-corrected chi connectivity index (χ1v) is 7.15. The third-order valence-corrected chi connectivity index (χ3v) is 4.01. The highest BCUT2D eigenvalue weighted by Crippen LogP contribution is 2.32. The van der Waals surface area contributed by atoms with Crippen LogP contribution in [0, 0.1) is 6.92 Å². The third kappa shape index (κ3) is 2.75. The molecule has 0 saturated carbocycles. The number of benzene rings is 2. The van der Waals surface area contributed by atoms with Gasteiger partial charge in [-0.3, -0.25) is 0 Å². The maximum absolute atomic E-state index is 11.7. The Labute approximate surface area is 131 Å². The Balaban J connectivity index is 2.17. The molecule has 5 heteroatoms. The minimum Gasteiger partial charge on any atom is -0.305 e. The summed E-state index contributed by atoms with van der Waals surface area (Å²) >= 11 is 12.0. The fourth-order valence-corrected chi connectivity index (χ4v) is 2.49. The lowest BCUT2D eigenvalue weighted by Gasteiger charge is -2.05. The fraction of sp³-hybridized carbons (Fsp3) is 0.0625. The topological polar surface area (TPSA) is 48.6 Å². The van der Waals surface area contributed by atoms with Crippen LogP contribution in [0.2, 0.25) is 10.0 Å². The molecule has 2 N–H and O–H groups in total. The van der Waals surface area contributed by atoms with E-state index in [-0.39, 0.29) is 5.69 Å². The van der Waals surface area contributed by atoms with Gasteiger partial charge in [0.1, 0.15) is 0 Å². The molecule has 0 aliphatic rings. The molecule has 0 amide bonds. The number of imidazole rings is 1. The van der Waals surface area contributed by atoms with Crippen LogP contribution < -0.4 is 5.69 Å². The Bertz CT molecular complexity index is 847. The fourth-order valence-electron chi connectivity index (χ4n) is 2.19. The van der Waals surface area contributed by atoms with Gasteiger partial charge in [-0.25, -0.2) is 4.79 Å². The van der Waals surface area contributed by atoms with E-state index < -0.39 is 0 Å². The summed E-state index contributed by atoms with van der Waals surface area (Å²) in [7, 11) is 0. The van der Waals surface area contributed by atoms with Crippen LogP contribution in [0.25, 0.3) is 22.5 Å². The van der Waals surface area contributed by atoms with Gasteiger partial charge < -0.3 is 9.97 Å². The molecule has 0 spiro atoms. The van der Waals surface area contributed by atoms with Crippen molar-refractivity contribution in [2.75, 3.05) is 0 Å². The summed E-state index contributed by atoms with van der Waals surface area (Å²) in [6.07, 6.45) is 0. The van der Waals surface area contributed by atoms with Gasteiger partial charge in [0, 0.05) is 11.1 Å². The van der Waals surface area contributed by atoms with Crippen LogP contribution in [-0.2, 0) is 0 Å². The second-order valence-electron chi connectivity index (χ2n) is 4.82. The third-order valence-electron chi connectivity index (χ3n) is 3.28. The molecule has 0 atom stereocenters. The average molecular weight is 319 g/mol. The predicted molar refractivity (Wildman–Crippen MR) is 87.0 cm³/mol. The first kappa shape index (κ1) is 14.0. The lowest BCUT2D eigenvalue weighted by atomic mass is 10.0. The molecular weight excluding hydrogens is 307 g/mol. The number of hydrogen-bond acceptors (Lipinski definition) is 1. The average Bonchev–Trinajstić information content (AvgIpc) is 2.85. The number of hydrogen-bond donors (Lipinski definition) is 2.